The van der Waals surface area contributed by atoms with Gasteiger partial charge in [-0.05, 0) is 36.6 Å². The molecule has 1 aromatic carbocycles. The van der Waals surface area contributed by atoms with Crippen LogP contribution in [0.5, 0.6) is 0 Å². The molecule has 16 heavy (non-hydrogen) atoms. The molecule has 3 heteroatoms. The van der Waals surface area contributed by atoms with Crippen molar-refractivity contribution in [3.05, 3.63) is 35.0 Å². The lowest BCUT2D eigenvalue weighted by atomic mass is 10.0. The second-order valence-electron chi connectivity index (χ2n) is 4.46. The van der Waals surface area contributed by atoms with Crippen LogP contribution in [-0.4, -0.2) is 16.3 Å². The van der Waals surface area contributed by atoms with E-state index in [1.165, 1.54) is 22.0 Å². The third-order valence-electron chi connectivity index (χ3n) is 3.06. The summed E-state index contributed by atoms with van der Waals surface area (Å²) in [4.78, 5) is 0. The number of hydrogen-bond acceptors (Lipinski definition) is 2. The SMILES string of the molecule is Cc1cc(C)c2c(C(N)CO)cn(C)c2c1. The zero-order chi connectivity index (χ0) is 11.9. The van der Waals surface area contributed by atoms with E-state index in [1.54, 1.807) is 0 Å². The Labute approximate surface area is 95.5 Å². The van der Waals surface area contributed by atoms with Crippen LogP contribution in [0.4, 0.5) is 0 Å². The fraction of sp³-hybridized carbons (Fsp3) is 0.385. The smallest absolute Gasteiger partial charge is 0.0625 e. The molecule has 1 atom stereocenters. The van der Waals surface area contributed by atoms with Gasteiger partial charge in [0.1, 0.15) is 0 Å². The Kier molecular flexibility index (Phi) is 2.74. The largest absolute Gasteiger partial charge is 0.394 e. The van der Waals surface area contributed by atoms with Crippen molar-refractivity contribution in [3.63, 3.8) is 0 Å². The molecule has 3 nitrogen and oxygen atoms in total. The highest BCUT2D eigenvalue weighted by atomic mass is 16.3. The van der Waals surface area contributed by atoms with Crippen LogP contribution in [0.25, 0.3) is 10.9 Å². The number of aromatic nitrogens is 1. The van der Waals surface area contributed by atoms with Gasteiger partial charge in [-0.1, -0.05) is 6.07 Å². The summed E-state index contributed by atoms with van der Waals surface area (Å²) in [6.07, 6.45) is 2.01. The molecule has 0 amide bonds. The maximum absolute atomic E-state index is 9.17. The monoisotopic (exact) mass is 218 g/mol. The molecule has 1 aromatic heterocycles. The van der Waals surface area contributed by atoms with Crippen molar-refractivity contribution in [3.8, 4) is 0 Å². The zero-order valence-corrected chi connectivity index (χ0v) is 9.99. The van der Waals surface area contributed by atoms with Crippen LogP contribution >= 0.6 is 0 Å². The van der Waals surface area contributed by atoms with E-state index < -0.39 is 0 Å². The van der Waals surface area contributed by atoms with Gasteiger partial charge in [-0.2, -0.15) is 0 Å². The normalized spacial score (nSPS) is 13.3. The minimum atomic E-state index is -0.301. The van der Waals surface area contributed by atoms with Crippen LogP contribution in [0.15, 0.2) is 18.3 Å². The molecule has 86 valence electrons. The van der Waals surface area contributed by atoms with Crippen molar-refractivity contribution >= 4 is 10.9 Å². The Morgan fingerprint density at radius 3 is 2.69 bits per heavy atom. The average Bonchev–Trinajstić information content (AvgIpc) is 2.55. The quantitative estimate of drug-likeness (QED) is 0.807. The van der Waals surface area contributed by atoms with Gasteiger partial charge in [0.2, 0.25) is 0 Å². The Bertz CT molecular complexity index is 528. The van der Waals surface area contributed by atoms with Gasteiger partial charge in [-0.15, -0.1) is 0 Å². The molecule has 0 aliphatic rings. The summed E-state index contributed by atoms with van der Waals surface area (Å²) >= 11 is 0. The lowest BCUT2D eigenvalue weighted by Crippen LogP contribution is -2.14. The van der Waals surface area contributed by atoms with Crippen molar-refractivity contribution in [1.29, 1.82) is 0 Å². The highest BCUT2D eigenvalue weighted by Gasteiger charge is 2.14. The molecule has 0 saturated heterocycles. The summed E-state index contributed by atoms with van der Waals surface area (Å²) < 4.78 is 2.07. The van der Waals surface area contributed by atoms with E-state index in [2.05, 4.69) is 30.5 Å². The first kappa shape index (κ1) is 11.2. The maximum atomic E-state index is 9.17. The van der Waals surface area contributed by atoms with Crippen molar-refractivity contribution in [1.82, 2.24) is 4.57 Å². The molecule has 0 aliphatic heterocycles. The highest BCUT2D eigenvalue weighted by Crippen LogP contribution is 2.28. The first-order valence-electron chi connectivity index (χ1n) is 5.47. The van der Waals surface area contributed by atoms with E-state index in [-0.39, 0.29) is 12.6 Å². The van der Waals surface area contributed by atoms with E-state index in [9.17, 15) is 0 Å². The van der Waals surface area contributed by atoms with Crippen LogP contribution in [0.1, 0.15) is 22.7 Å². The van der Waals surface area contributed by atoms with Crippen molar-refractivity contribution < 1.29 is 5.11 Å². The van der Waals surface area contributed by atoms with Gasteiger partial charge in [0.25, 0.3) is 0 Å². The van der Waals surface area contributed by atoms with E-state index in [1.807, 2.05) is 13.2 Å². The highest BCUT2D eigenvalue weighted by molar-refractivity contribution is 5.88. The number of rotatable bonds is 2. The molecule has 1 unspecified atom stereocenters. The molecule has 0 fully saturated rings. The van der Waals surface area contributed by atoms with Crippen LogP contribution in [0, 0.1) is 13.8 Å². The predicted octanol–water partition coefficient (Wildman–Crippen LogP) is 1.79. The second kappa shape index (κ2) is 3.92. The molecule has 0 saturated carbocycles. The van der Waals surface area contributed by atoms with E-state index in [0.29, 0.717) is 0 Å². The van der Waals surface area contributed by atoms with Crippen molar-refractivity contribution in [2.45, 2.75) is 19.9 Å². The maximum Gasteiger partial charge on any atom is 0.0625 e. The second-order valence-corrected chi connectivity index (χ2v) is 4.46. The van der Waals surface area contributed by atoms with Gasteiger partial charge in [0.05, 0.1) is 12.6 Å². The molecule has 2 aromatic rings. The minimum absolute atomic E-state index is 0.0214. The predicted molar refractivity (Wildman–Crippen MR) is 66.4 cm³/mol. The first-order chi connectivity index (χ1) is 7.54. The molecule has 0 bridgehead atoms. The molecule has 1 heterocycles. The summed E-state index contributed by atoms with van der Waals surface area (Å²) in [7, 11) is 2.01. The summed E-state index contributed by atoms with van der Waals surface area (Å²) in [6, 6.07) is 4.00. The van der Waals surface area contributed by atoms with Gasteiger partial charge < -0.3 is 15.4 Å². The number of benzene rings is 1. The Hall–Kier alpha value is -1.32. The van der Waals surface area contributed by atoms with Gasteiger partial charge in [-0.25, -0.2) is 0 Å². The fourth-order valence-electron chi connectivity index (χ4n) is 2.32. The van der Waals surface area contributed by atoms with E-state index in [0.717, 1.165) is 5.56 Å². The molecule has 0 aliphatic carbocycles. The standard InChI is InChI=1S/C13H18N2O/c1-8-4-9(2)13-10(11(14)7-16)6-15(3)12(13)5-8/h4-6,11,16H,7,14H2,1-3H3. The van der Waals surface area contributed by atoms with Gasteiger partial charge in [-0.3, -0.25) is 0 Å². The van der Waals surface area contributed by atoms with Crippen LogP contribution < -0.4 is 5.73 Å². The number of hydrogen-bond donors (Lipinski definition) is 2. The van der Waals surface area contributed by atoms with Crippen molar-refractivity contribution in [2.75, 3.05) is 6.61 Å². The van der Waals surface area contributed by atoms with Crippen LogP contribution in [0.3, 0.4) is 0 Å². The minimum Gasteiger partial charge on any atom is -0.394 e. The number of nitrogens with zero attached hydrogens (tertiary/aromatic N) is 1. The van der Waals surface area contributed by atoms with Crippen molar-refractivity contribution in [2.24, 2.45) is 12.8 Å². The number of nitrogens with two attached hydrogens (primary N) is 1. The number of fused-ring (bicyclic) bond motifs is 1. The Morgan fingerprint density at radius 1 is 1.38 bits per heavy atom. The Balaban J connectivity index is 2.78. The molecular weight excluding hydrogens is 200 g/mol. The summed E-state index contributed by atoms with van der Waals surface area (Å²) in [5.41, 5.74) is 10.6. The van der Waals surface area contributed by atoms with E-state index >= 15 is 0 Å². The molecule has 3 N–H and O–H groups in total. The number of aryl methyl sites for hydroxylation is 3. The molecule has 2 rings (SSSR count). The summed E-state index contributed by atoms with van der Waals surface area (Å²) in [5.74, 6) is 0. The average molecular weight is 218 g/mol. The number of aliphatic hydroxyl groups is 1. The van der Waals surface area contributed by atoms with E-state index in [4.69, 9.17) is 10.8 Å². The topological polar surface area (TPSA) is 51.2 Å². The first-order valence-corrected chi connectivity index (χ1v) is 5.47. The third-order valence-corrected chi connectivity index (χ3v) is 3.06. The van der Waals surface area contributed by atoms with Gasteiger partial charge in [0, 0.05) is 24.1 Å². The molecular formula is C13H18N2O. The third kappa shape index (κ3) is 1.62. The lowest BCUT2D eigenvalue weighted by molar-refractivity contribution is 0.268. The number of aliphatic hydroxyl groups excluding tert-OH is 1. The molecule has 0 radical (unpaired) electrons. The molecule has 0 spiro atoms. The van der Waals surface area contributed by atoms with Gasteiger partial charge in [0.15, 0.2) is 0 Å². The van der Waals surface area contributed by atoms with Crippen LogP contribution in [-0.2, 0) is 7.05 Å². The zero-order valence-electron chi connectivity index (χ0n) is 9.99. The Morgan fingerprint density at radius 2 is 2.06 bits per heavy atom. The van der Waals surface area contributed by atoms with Crippen LogP contribution in [0.2, 0.25) is 0 Å². The fourth-order valence-corrected chi connectivity index (χ4v) is 2.32. The van der Waals surface area contributed by atoms with Gasteiger partial charge >= 0.3 is 0 Å². The summed E-state index contributed by atoms with van der Waals surface area (Å²) in [5, 5.41) is 10.3. The summed E-state index contributed by atoms with van der Waals surface area (Å²) in [6.45, 7) is 4.15. The lowest BCUT2D eigenvalue weighted by Gasteiger charge is -2.08.